The van der Waals surface area contributed by atoms with Crippen LogP contribution in [0.1, 0.15) is 5.56 Å². The largest absolute Gasteiger partial charge is 0.456 e. The van der Waals surface area contributed by atoms with Gasteiger partial charge >= 0.3 is 0 Å². The maximum Gasteiger partial charge on any atom is 0.287 e. The maximum absolute atomic E-state index is 13.1. The van der Waals surface area contributed by atoms with E-state index in [1.54, 1.807) is 0 Å². The van der Waals surface area contributed by atoms with E-state index in [9.17, 15) is 14.5 Å². The normalized spacial score (nSPS) is 10.3. The van der Waals surface area contributed by atoms with E-state index in [0.29, 0.717) is 0 Å². The van der Waals surface area contributed by atoms with Gasteiger partial charge in [-0.1, -0.05) is 6.07 Å². The molecule has 20 heavy (non-hydrogen) atoms. The summed E-state index contributed by atoms with van der Waals surface area (Å²) in [6, 6.07) is 8.00. The second-order valence-corrected chi connectivity index (χ2v) is 4.65. The highest BCUT2D eigenvalue weighted by Crippen LogP contribution is 2.37. The number of nitro groups is 1. The van der Waals surface area contributed by atoms with Crippen LogP contribution in [0, 0.1) is 15.9 Å². The summed E-state index contributed by atoms with van der Waals surface area (Å²) in [7, 11) is 0. The molecule has 5 nitrogen and oxygen atoms in total. The van der Waals surface area contributed by atoms with E-state index in [1.807, 2.05) is 0 Å². The summed E-state index contributed by atoms with van der Waals surface area (Å²) in [6.45, 7) is -0.403. The molecule has 104 valence electrons. The molecular weight excluding hydrogens is 333 g/mol. The van der Waals surface area contributed by atoms with Crippen LogP contribution in [0.25, 0.3) is 0 Å². The predicted molar refractivity (Wildman–Crippen MR) is 73.2 cm³/mol. The second kappa shape index (κ2) is 5.98. The fourth-order valence-electron chi connectivity index (χ4n) is 1.61. The molecule has 0 aliphatic heterocycles. The van der Waals surface area contributed by atoms with E-state index in [2.05, 4.69) is 15.9 Å². The van der Waals surface area contributed by atoms with Crippen LogP contribution in [0.15, 0.2) is 40.9 Å². The number of hydrogen-bond donors (Lipinski definition) is 1. The molecule has 0 amide bonds. The number of rotatable bonds is 4. The number of aliphatic hydroxyl groups excluding tert-OH is 1. The van der Waals surface area contributed by atoms with Gasteiger partial charge in [0, 0.05) is 11.6 Å². The Kier molecular flexibility index (Phi) is 4.31. The van der Waals surface area contributed by atoms with E-state index in [4.69, 9.17) is 9.84 Å². The van der Waals surface area contributed by atoms with E-state index in [1.165, 1.54) is 30.3 Å². The van der Waals surface area contributed by atoms with Crippen molar-refractivity contribution in [1.82, 2.24) is 0 Å². The first kappa shape index (κ1) is 14.4. The van der Waals surface area contributed by atoms with E-state index in [-0.39, 0.29) is 27.2 Å². The van der Waals surface area contributed by atoms with Crippen molar-refractivity contribution in [2.24, 2.45) is 0 Å². The van der Waals surface area contributed by atoms with E-state index in [0.717, 1.165) is 6.07 Å². The van der Waals surface area contributed by atoms with Crippen LogP contribution < -0.4 is 4.74 Å². The van der Waals surface area contributed by atoms with Gasteiger partial charge in [-0.15, -0.1) is 0 Å². The summed E-state index contributed by atoms with van der Waals surface area (Å²) in [5, 5.41) is 20.0. The Balaban J connectivity index is 2.40. The van der Waals surface area contributed by atoms with Gasteiger partial charge in [0.2, 0.25) is 0 Å². The lowest BCUT2D eigenvalue weighted by molar-refractivity contribution is -0.385. The van der Waals surface area contributed by atoms with Crippen molar-refractivity contribution in [3.8, 4) is 11.5 Å². The van der Waals surface area contributed by atoms with Crippen molar-refractivity contribution >= 4 is 21.6 Å². The molecule has 0 bridgehead atoms. The van der Waals surface area contributed by atoms with Crippen molar-refractivity contribution in [3.63, 3.8) is 0 Å². The minimum absolute atomic E-state index is 0.143. The molecule has 0 fully saturated rings. The highest BCUT2D eigenvalue weighted by atomic mass is 79.9. The number of benzene rings is 2. The minimum atomic E-state index is -0.547. The fraction of sp³-hybridized carbons (Fsp3) is 0.0769. The highest BCUT2D eigenvalue weighted by molar-refractivity contribution is 9.10. The van der Waals surface area contributed by atoms with Gasteiger partial charge in [0.15, 0.2) is 0 Å². The molecule has 2 aromatic carbocycles. The van der Waals surface area contributed by atoms with Gasteiger partial charge in [0.1, 0.15) is 21.8 Å². The third-order valence-electron chi connectivity index (χ3n) is 2.55. The summed E-state index contributed by atoms with van der Waals surface area (Å²) < 4.78 is 18.7. The Morgan fingerprint density at radius 2 is 2.05 bits per heavy atom. The van der Waals surface area contributed by atoms with Crippen molar-refractivity contribution in [2.75, 3.05) is 0 Å². The van der Waals surface area contributed by atoms with Crippen molar-refractivity contribution in [3.05, 3.63) is 62.4 Å². The molecule has 0 saturated carbocycles. The Hall–Kier alpha value is -1.99. The van der Waals surface area contributed by atoms with Gasteiger partial charge < -0.3 is 9.84 Å². The molecule has 2 rings (SSSR count). The van der Waals surface area contributed by atoms with Crippen LogP contribution in [-0.4, -0.2) is 10.0 Å². The summed E-state index contributed by atoms with van der Waals surface area (Å²) in [4.78, 5) is 10.3. The van der Waals surface area contributed by atoms with Crippen LogP contribution in [0.5, 0.6) is 11.5 Å². The van der Waals surface area contributed by atoms with Gasteiger partial charge in [-0.25, -0.2) is 4.39 Å². The molecule has 0 atom stereocenters. The monoisotopic (exact) mass is 341 g/mol. The Labute approximate surface area is 121 Å². The lowest BCUT2D eigenvalue weighted by atomic mass is 10.2. The quantitative estimate of drug-likeness (QED) is 0.678. The zero-order chi connectivity index (χ0) is 14.7. The standard InChI is InChI=1S/C13H9BrFNO4/c14-13-10(16(18)19)2-1-3-12(13)20-11-5-4-9(15)6-8(11)7-17/h1-6,17H,7H2. The number of ether oxygens (including phenoxy) is 1. The second-order valence-electron chi connectivity index (χ2n) is 3.86. The first-order valence-electron chi connectivity index (χ1n) is 5.53. The number of nitro benzene ring substituents is 1. The summed E-state index contributed by atoms with van der Waals surface area (Å²) in [5.41, 5.74) is 0.110. The first-order valence-corrected chi connectivity index (χ1v) is 6.32. The molecule has 0 unspecified atom stereocenters. The van der Waals surface area contributed by atoms with Crippen molar-refractivity contribution in [1.29, 1.82) is 0 Å². The molecule has 2 aromatic rings. The summed E-state index contributed by atoms with van der Waals surface area (Å²) in [6.07, 6.45) is 0. The molecule has 1 N–H and O–H groups in total. The average Bonchev–Trinajstić information content (AvgIpc) is 2.42. The van der Waals surface area contributed by atoms with Gasteiger partial charge in [-0.05, 0) is 40.2 Å². The van der Waals surface area contributed by atoms with Crippen LogP contribution >= 0.6 is 15.9 Å². The molecule has 0 saturated heterocycles. The zero-order valence-corrected chi connectivity index (χ0v) is 11.6. The van der Waals surface area contributed by atoms with Crippen LogP contribution in [-0.2, 0) is 6.61 Å². The molecule has 0 aromatic heterocycles. The average molecular weight is 342 g/mol. The van der Waals surface area contributed by atoms with E-state index < -0.39 is 17.3 Å². The summed E-state index contributed by atoms with van der Waals surface area (Å²) in [5.74, 6) is -0.0601. The number of hydrogen-bond acceptors (Lipinski definition) is 4. The van der Waals surface area contributed by atoms with Crippen LogP contribution in [0.2, 0.25) is 0 Å². The molecule has 0 spiro atoms. The highest BCUT2D eigenvalue weighted by Gasteiger charge is 2.17. The number of aliphatic hydroxyl groups is 1. The Morgan fingerprint density at radius 3 is 2.70 bits per heavy atom. The van der Waals surface area contributed by atoms with Crippen molar-refractivity contribution in [2.45, 2.75) is 6.61 Å². The Morgan fingerprint density at radius 1 is 1.30 bits per heavy atom. The minimum Gasteiger partial charge on any atom is -0.456 e. The van der Waals surface area contributed by atoms with Gasteiger partial charge in [0.25, 0.3) is 5.69 Å². The SMILES string of the molecule is O=[N+]([O-])c1cccc(Oc2ccc(F)cc2CO)c1Br. The smallest absolute Gasteiger partial charge is 0.287 e. The maximum atomic E-state index is 13.1. The topological polar surface area (TPSA) is 72.6 Å². The van der Waals surface area contributed by atoms with E-state index >= 15 is 0 Å². The number of nitrogens with zero attached hydrogens (tertiary/aromatic N) is 1. The fourth-order valence-corrected chi connectivity index (χ4v) is 2.10. The lowest BCUT2D eigenvalue weighted by Gasteiger charge is -2.11. The van der Waals surface area contributed by atoms with Crippen molar-refractivity contribution < 1.29 is 19.2 Å². The Bertz CT molecular complexity index is 663. The summed E-state index contributed by atoms with van der Waals surface area (Å²) >= 11 is 3.10. The first-order chi connectivity index (χ1) is 9.52. The van der Waals surface area contributed by atoms with Gasteiger partial charge in [-0.2, -0.15) is 0 Å². The molecule has 7 heteroatoms. The third-order valence-corrected chi connectivity index (χ3v) is 3.35. The third kappa shape index (κ3) is 2.94. The zero-order valence-electron chi connectivity index (χ0n) is 10.0. The molecule has 0 aliphatic rings. The predicted octanol–water partition coefficient (Wildman–Crippen LogP) is 3.78. The lowest BCUT2D eigenvalue weighted by Crippen LogP contribution is -1.95. The molecule has 0 heterocycles. The van der Waals surface area contributed by atoms with Crippen LogP contribution in [0.3, 0.4) is 0 Å². The molecular formula is C13H9BrFNO4. The van der Waals surface area contributed by atoms with Gasteiger partial charge in [-0.3, -0.25) is 10.1 Å². The molecule has 0 aliphatic carbocycles. The van der Waals surface area contributed by atoms with Gasteiger partial charge in [0.05, 0.1) is 11.5 Å². The van der Waals surface area contributed by atoms with Crippen LogP contribution in [0.4, 0.5) is 10.1 Å². The molecule has 0 radical (unpaired) electrons. The number of halogens is 2.